The highest BCUT2D eigenvalue weighted by Crippen LogP contribution is 2.24. The molecule has 0 aromatic heterocycles. The summed E-state index contributed by atoms with van der Waals surface area (Å²) in [6, 6.07) is 6.56. The maximum Gasteiger partial charge on any atom is 0.325 e. The quantitative estimate of drug-likeness (QED) is 0.760. The van der Waals surface area contributed by atoms with E-state index in [-0.39, 0.29) is 17.4 Å². The number of ether oxygens (including phenoxy) is 1. The first-order valence-corrected chi connectivity index (χ1v) is 7.87. The van der Waals surface area contributed by atoms with Crippen molar-refractivity contribution in [2.24, 2.45) is 0 Å². The Kier molecular flexibility index (Phi) is 5.97. The first kappa shape index (κ1) is 16.5. The normalized spacial score (nSPS) is 11.2. The van der Waals surface area contributed by atoms with Crippen molar-refractivity contribution < 1.29 is 17.9 Å². The van der Waals surface area contributed by atoms with E-state index in [2.05, 4.69) is 4.72 Å². The van der Waals surface area contributed by atoms with Crippen molar-refractivity contribution in [1.82, 2.24) is 4.72 Å². The molecule has 20 heavy (non-hydrogen) atoms. The van der Waals surface area contributed by atoms with Crippen LogP contribution in [0.5, 0.6) is 0 Å². The first-order valence-electron chi connectivity index (χ1n) is 6.39. The van der Waals surface area contributed by atoms with Crippen LogP contribution < -0.4 is 9.62 Å². The van der Waals surface area contributed by atoms with E-state index in [0.717, 1.165) is 0 Å². The van der Waals surface area contributed by atoms with Gasteiger partial charge in [0.25, 0.3) is 0 Å². The van der Waals surface area contributed by atoms with Gasteiger partial charge in [0.1, 0.15) is 11.4 Å². The Morgan fingerprint density at radius 3 is 2.50 bits per heavy atom. The summed E-state index contributed by atoms with van der Waals surface area (Å²) in [5.41, 5.74) is 0.484. The summed E-state index contributed by atoms with van der Waals surface area (Å²) >= 11 is 0. The van der Waals surface area contributed by atoms with E-state index in [4.69, 9.17) is 4.74 Å². The smallest absolute Gasteiger partial charge is 0.325 e. The van der Waals surface area contributed by atoms with Crippen LogP contribution in [0.25, 0.3) is 0 Å². The van der Waals surface area contributed by atoms with Gasteiger partial charge in [-0.3, -0.25) is 4.79 Å². The molecule has 0 atom stereocenters. The standard InChI is InChI=1S/C13H20N2O4S/c1-4-15(10-13(16)19-5-2)11-8-6-7-9-12(11)20(17,18)14-3/h6-9,14H,4-5,10H2,1-3H3. The van der Waals surface area contributed by atoms with Crippen molar-refractivity contribution in [2.45, 2.75) is 18.7 Å². The molecule has 1 aromatic carbocycles. The van der Waals surface area contributed by atoms with E-state index in [1.807, 2.05) is 6.92 Å². The third kappa shape index (κ3) is 3.94. The molecule has 7 heteroatoms. The molecule has 112 valence electrons. The number of likely N-dealkylation sites (N-methyl/N-ethyl adjacent to an activating group) is 1. The zero-order chi connectivity index (χ0) is 15.2. The van der Waals surface area contributed by atoms with Gasteiger partial charge in [-0.2, -0.15) is 0 Å². The molecule has 0 heterocycles. The number of benzene rings is 1. The first-order chi connectivity index (χ1) is 9.46. The minimum Gasteiger partial charge on any atom is -0.465 e. The van der Waals surface area contributed by atoms with Crippen molar-refractivity contribution in [1.29, 1.82) is 0 Å². The number of rotatable bonds is 7. The summed E-state index contributed by atoms with van der Waals surface area (Å²) in [4.78, 5) is 13.4. The van der Waals surface area contributed by atoms with E-state index in [1.54, 1.807) is 30.0 Å². The van der Waals surface area contributed by atoms with Crippen LogP contribution in [0.4, 0.5) is 5.69 Å². The van der Waals surface area contributed by atoms with Crippen molar-refractivity contribution in [3.05, 3.63) is 24.3 Å². The average molecular weight is 300 g/mol. The van der Waals surface area contributed by atoms with Crippen LogP contribution >= 0.6 is 0 Å². The predicted octanol–water partition coefficient (Wildman–Crippen LogP) is 0.984. The van der Waals surface area contributed by atoms with Gasteiger partial charge in [-0.1, -0.05) is 12.1 Å². The Hall–Kier alpha value is -1.60. The van der Waals surface area contributed by atoms with Gasteiger partial charge < -0.3 is 9.64 Å². The lowest BCUT2D eigenvalue weighted by Crippen LogP contribution is -2.32. The van der Waals surface area contributed by atoms with Gasteiger partial charge in [-0.15, -0.1) is 0 Å². The lowest BCUT2D eigenvalue weighted by atomic mass is 10.3. The van der Waals surface area contributed by atoms with Gasteiger partial charge in [-0.25, -0.2) is 13.1 Å². The molecule has 0 saturated heterocycles. The van der Waals surface area contributed by atoms with Gasteiger partial charge in [0.15, 0.2) is 0 Å². The molecular weight excluding hydrogens is 280 g/mol. The maximum atomic E-state index is 12.0. The van der Waals surface area contributed by atoms with Crippen LogP contribution in [0.15, 0.2) is 29.2 Å². The summed E-state index contributed by atoms with van der Waals surface area (Å²) in [6.07, 6.45) is 0. The molecule has 0 radical (unpaired) electrons. The third-order valence-corrected chi connectivity index (χ3v) is 4.23. The number of nitrogens with zero attached hydrogens (tertiary/aromatic N) is 1. The number of hydrogen-bond donors (Lipinski definition) is 1. The predicted molar refractivity (Wildman–Crippen MR) is 77.2 cm³/mol. The Labute approximate surface area is 119 Å². The van der Waals surface area contributed by atoms with Crippen LogP contribution in [-0.4, -0.2) is 41.1 Å². The molecule has 1 aromatic rings. The fourth-order valence-corrected chi connectivity index (χ4v) is 2.74. The van der Waals surface area contributed by atoms with Gasteiger partial charge in [0.05, 0.1) is 12.3 Å². The molecule has 0 unspecified atom stereocenters. The minimum atomic E-state index is -3.58. The number of esters is 1. The Morgan fingerprint density at radius 2 is 1.95 bits per heavy atom. The summed E-state index contributed by atoms with van der Waals surface area (Å²) in [5.74, 6) is -0.383. The molecule has 1 rings (SSSR count). The molecule has 0 amide bonds. The fraction of sp³-hybridized carbons (Fsp3) is 0.462. The highest BCUT2D eigenvalue weighted by atomic mass is 32.2. The van der Waals surface area contributed by atoms with E-state index < -0.39 is 10.0 Å². The highest BCUT2D eigenvalue weighted by molar-refractivity contribution is 7.89. The third-order valence-electron chi connectivity index (χ3n) is 2.77. The Morgan fingerprint density at radius 1 is 1.30 bits per heavy atom. The topological polar surface area (TPSA) is 75.7 Å². The summed E-state index contributed by atoms with van der Waals surface area (Å²) in [7, 11) is -2.22. The maximum absolute atomic E-state index is 12.0. The van der Waals surface area contributed by atoms with E-state index in [9.17, 15) is 13.2 Å². The average Bonchev–Trinajstić information content (AvgIpc) is 2.45. The largest absolute Gasteiger partial charge is 0.465 e. The summed E-state index contributed by atoms with van der Waals surface area (Å²) < 4.78 is 31.2. The second-order valence-corrected chi connectivity index (χ2v) is 5.85. The Bertz CT molecular complexity index is 557. The number of nitrogens with one attached hydrogen (secondary N) is 1. The number of sulfonamides is 1. The summed E-state index contributed by atoms with van der Waals surface area (Å²) in [6.45, 7) is 4.39. The van der Waals surface area contributed by atoms with Crippen LogP contribution in [0.2, 0.25) is 0 Å². The van der Waals surface area contributed by atoms with Crippen molar-refractivity contribution in [3.8, 4) is 0 Å². The molecule has 0 fully saturated rings. The minimum absolute atomic E-state index is 0.0145. The lowest BCUT2D eigenvalue weighted by Gasteiger charge is -2.24. The van der Waals surface area contributed by atoms with Crippen LogP contribution in [0, 0.1) is 0 Å². The van der Waals surface area contributed by atoms with Gasteiger partial charge in [0.2, 0.25) is 10.0 Å². The molecule has 0 aliphatic rings. The van der Waals surface area contributed by atoms with Gasteiger partial charge in [0, 0.05) is 6.54 Å². The highest BCUT2D eigenvalue weighted by Gasteiger charge is 2.21. The SMILES string of the molecule is CCOC(=O)CN(CC)c1ccccc1S(=O)(=O)NC. The molecule has 0 aliphatic heterocycles. The Balaban J connectivity index is 3.13. The van der Waals surface area contributed by atoms with Crippen molar-refractivity contribution in [3.63, 3.8) is 0 Å². The lowest BCUT2D eigenvalue weighted by molar-refractivity contribution is -0.141. The summed E-state index contributed by atoms with van der Waals surface area (Å²) in [5, 5.41) is 0. The molecule has 1 N–H and O–H groups in total. The van der Waals surface area contributed by atoms with Crippen LogP contribution in [0.1, 0.15) is 13.8 Å². The van der Waals surface area contributed by atoms with Crippen LogP contribution in [-0.2, 0) is 19.6 Å². The second kappa shape index (κ2) is 7.25. The van der Waals surface area contributed by atoms with Crippen molar-refractivity contribution in [2.75, 3.05) is 31.6 Å². The molecule has 6 nitrogen and oxygen atoms in total. The number of carbonyl (C=O) groups is 1. The zero-order valence-corrected chi connectivity index (χ0v) is 12.7. The molecule has 0 spiro atoms. The second-order valence-electron chi connectivity index (χ2n) is 3.99. The fourth-order valence-electron chi connectivity index (χ4n) is 1.79. The van der Waals surface area contributed by atoms with Crippen LogP contribution in [0.3, 0.4) is 0 Å². The van der Waals surface area contributed by atoms with Gasteiger partial charge in [-0.05, 0) is 33.0 Å². The number of hydrogen-bond acceptors (Lipinski definition) is 5. The van der Waals surface area contributed by atoms with Crippen molar-refractivity contribution >= 4 is 21.7 Å². The molecular formula is C13H20N2O4S. The zero-order valence-electron chi connectivity index (χ0n) is 11.9. The van der Waals surface area contributed by atoms with E-state index in [1.165, 1.54) is 13.1 Å². The van der Waals surface area contributed by atoms with E-state index in [0.29, 0.717) is 18.8 Å². The number of carbonyl (C=O) groups excluding carboxylic acids is 1. The number of para-hydroxylation sites is 1. The van der Waals surface area contributed by atoms with Gasteiger partial charge >= 0.3 is 5.97 Å². The monoisotopic (exact) mass is 300 g/mol. The molecule has 0 saturated carbocycles. The molecule has 0 aliphatic carbocycles. The number of anilines is 1. The molecule has 0 bridgehead atoms. The van der Waals surface area contributed by atoms with E-state index >= 15 is 0 Å².